The lowest BCUT2D eigenvalue weighted by molar-refractivity contribution is -0.110. The number of methoxy groups -OCH3 is 1. The van der Waals surface area contributed by atoms with Crippen LogP contribution in [0.25, 0.3) is 16.8 Å². The fraction of sp³-hybridized carbons (Fsp3) is 0.125. The maximum Gasteiger partial charge on any atom is 0.233 e. The molecule has 0 atom stereocenters. The van der Waals surface area contributed by atoms with Gasteiger partial charge in [0.2, 0.25) is 11.6 Å². The molecule has 0 fully saturated rings. The van der Waals surface area contributed by atoms with Crippen molar-refractivity contribution in [1.29, 1.82) is 0 Å². The largest absolute Gasteiger partial charge is 0.504 e. The molecule has 0 amide bonds. The van der Waals surface area contributed by atoms with E-state index in [1.54, 1.807) is 18.2 Å². The minimum Gasteiger partial charge on any atom is -0.504 e. The minimum absolute atomic E-state index is 0.0163. The van der Waals surface area contributed by atoms with E-state index in [2.05, 4.69) is 0 Å². The van der Waals surface area contributed by atoms with E-state index in [0.717, 1.165) is 10.9 Å². The molecule has 0 spiro atoms. The second kappa shape index (κ2) is 4.20. The van der Waals surface area contributed by atoms with Gasteiger partial charge in [-0.3, -0.25) is 9.59 Å². The van der Waals surface area contributed by atoms with Crippen molar-refractivity contribution in [2.75, 3.05) is 7.11 Å². The molecule has 100 valence electrons. The second-order valence-corrected chi connectivity index (χ2v) is 4.76. The molecule has 1 aliphatic carbocycles. The zero-order chi connectivity index (χ0) is 14.4. The number of fused-ring (bicyclic) bond motifs is 2. The first-order chi connectivity index (χ1) is 9.52. The van der Waals surface area contributed by atoms with Crippen molar-refractivity contribution in [2.45, 2.75) is 6.92 Å². The van der Waals surface area contributed by atoms with Gasteiger partial charge >= 0.3 is 0 Å². The lowest BCUT2D eigenvalue weighted by Crippen LogP contribution is -2.16. The first kappa shape index (κ1) is 12.4. The Hall–Kier alpha value is -2.62. The fourth-order valence-electron chi connectivity index (χ4n) is 2.54. The molecule has 3 rings (SSSR count). The van der Waals surface area contributed by atoms with Crippen molar-refractivity contribution in [3.05, 3.63) is 41.0 Å². The van der Waals surface area contributed by atoms with E-state index < -0.39 is 11.6 Å². The monoisotopic (exact) mass is 268 g/mol. The zero-order valence-electron chi connectivity index (χ0n) is 11.1. The second-order valence-electron chi connectivity index (χ2n) is 4.76. The summed E-state index contributed by atoms with van der Waals surface area (Å²) in [6, 6.07) is 5.07. The molecule has 2 aromatic carbocycles. The lowest BCUT2D eigenvalue weighted by atomic mass is 9.90. The molecule has 0 saturated heterocycles. The number of carbonyl (C=O) groups excluding carboxylic acids is 2. The highest BCUT2D eigenvalue weighted by Gasteiger charge is 2.23. The first-order valence-corrected chi connectivity index (χ1v) is 6.14. The predicted molar refractivity (Wildman–Crippen MR) is 75.3 cm³/mol. The number of phenolic OH excluding ortho intramolecular Hbond substituents is 1. The Morgan fingerprint density at radius 3 is 2.50 bits per heavy atom. The highest BCUT2D eigenvalue weighted by Crippen LogP contribution is 2.39. The maximum absolute atomic E-state index is 11.9. The number of aromatic hydroxyl groups is 1. The quantitative estimate of drug-likeness (QED) is 0.807. The van der Waals surface area contributed by atoms with Crippen LogP contribution in [0.2, 0.25) is 0 Å². The van der Waals surface area contributed by atoms with E-state index in [0.29, 0.717) is 22.3 Å². The number of phenols is 1. The van der Waals surface area contributed by atoms with E-state index in [4.69, 9.17) is 4.74 Å². The van der Waals surface area contributed by atoms with Gasteiger partial charge in [-0.2, -0.15) is 0 Å². The van der Waals surface area contributed by atoms with Crippen LogP contribution in [0.3, 0.4) is 0 Å². The van der Waals surface area contributed by atoms with Crippen LogP contribution in [0.15, 0.2) is 24.3 Å². The Bertz CT molecular complexity index is 800. The Morgan fingerprint density at radius 2 is 1.80 bits per heavy atom. The molecule has 2 aromatic rings. The Kier molecular flexibility index (Phi) is 2.61. The third kappa shape index (κ3) is 1.61. The summed E-state index contributed by atoms with van der Waals surface area (Å²) in [4.78, 5) is 23.4. The van der Waals surface area contributed by atoms with Gasteiger partial charge in [0.15, 0.2) is 11.5 Å². The topological polar surface area (TPSA) is 63.6 Å². The van der Waals surface area contributed by atoms with Crippen molar-refractivity contribution in [3.8, 4) is 11.5 Å². The van der Waals surface area contributed by atoms with Gasteiger partial charge in [0.25, 0.3) is 0 Å². The highest BCUT2D eigenvalue weighted by atomic mass is 16.5. The first-order valence-electron chi connectivity index (χ1n) is 6.14. The zero-order valence-corrected chi connectivity index (χ0v) is 11.1. The third-order valence-corrected chi connectivity index (χ3v) is 3.53. The summed E-state index contributed by atoms with van der Waals surface area (Å²) in [5.74, 6) is -0.745. The van der Waals surface area contributed by atoms with Crippen LogP contribution in [-0.4, -0.2) is 23.8 Å². The number of benzene rings is 2. The highest BCUT2D eigenvalue weighted by molar-refractivity contribution is 6.50. The minimum atomic E-state index is -0.535. The van der Waals surface area contributed by atoms with E-state index in [1.165, 1.54) is 13.2 Å². The molecule has 4 heteroatoms. The van der Waals surface area contributed by atoms with Crippen LogP contribution >= 0.6 is 0 Å². The van der Waals surface area contributed by atoms with Crippen molar-refractivity contribution >= 4 is 28.4 Å². The number of aryl methyl sites for hydroxylation is 1. The summed E-state index contributed by atoms with van der Waals surface area (Å²) in [6.45, 7) is 1.87. The fourth-order valence-corrected chi connectivity index (χ4v) is 2.54. The van der Waals surface area contributed by atoms with Crippen LogP contribution in [0.5, 0.6) is 11.5 Å². The lowest BCUT2D eigenvalue weighted by Gasteiger charge is -2.15. The van der Waals surface area contributed by atoms with Crippen molar-refractivity contribution in [2.24, 2.45) is 0 Å². The number of allylic oxidation sites excluding steroid dienone is 1. The number of hydrogen-bond donors (Lipinski definition) is 1. The average molecular weight is 268 g/mol. The summed E-state index contributed by atoms with van der Waals surface area (Å²) in [5, 5.41) is 11.4. The molecular weight excluding hydrogens is 256 g/mol. The molecule has 1 N–H and O–H groups in total. The van der Waals surface area contributed by atoms with Crippen molar-refractivity contribution in [3.63, 3.8) is 0 Å². The smallest absolute Gasteiger partial charge is 0.233 e. The Morgan fingerprint density at radius 1 is 1.05 bits per heavy atom. The van der Waals surface area contributed by atoms with Gasteiger partial charge in [0, 0.05) is 10.9 Å². The standard InChI is InChI=1S/C16H12O4/c1-8-5-14(18)16(20-2)12-7-11-9(6-10(8)12)3-4-13(17)15(11)19/h3-7,18H,1-2H3. The van der Waals surface area contributed by atoms with Gasteiger partial charge < -0.3 is 9.84 Å². The predicted octanol–water partition coefficient (Wildman–Crippen LogP) is 2.64. The molecule has 0 aliphatic heterocycles. The summed E-state index contributed by atoms with van der Waals surface area (Å²) in [5.41, 5.74) is 1.92. The van der Waals surface area contributed by atoms with Crippen LogP contribution < -0.4 is 4.74 Å². The number of ether oxygens (including phenoxy) is 1. The number of ketones is 2. The maximum atomic E-state index is 11.9. The molecular formula is C16H12O4. The summed E-state index contributed by atoms with van der Waals surface area (Å²) < 4.78 is 5.20. The SMILES string of the molecule is COc1c(O)cc(C)c2cc3c(cc12)C(=O)C(=O)C=C3. The molecule has 0 bridgehead atoms. The average Bonchev–Trinajstić information content (AvgIpc) is 2.42. The van der Waals surface area contributed by atoms with E-state index in [-0.39, 0.29) is 5.75 Å². The van der Waals surface area contributed by atoms with Gasteiger partial charge in [-0.15, -0.1) is 0 Å². The Labute approximate surface area is 115 Å². The van der Waals surface area contributed by atoms with Gasteiger partial charge in [0.1, 0.15) is 0 Å². The molecule has 0 saturated carbocycles. The number of rotatable bonds is 1. The summed E-state index contributed by atoms with van der Waals surface area (Å²) in [7, 11) is 1.45. The third-order valence-electron chi connectivity index (χ3n) is 3.53. The van der Waals surface area contributed by atoms with Crippen LogP contribution in [0, 0.1) is 6.92 Å². The van der Waals surface area contributed by atoms with E-state index in [1.807, 2.05) is 13.0 Å². The molecule has 0 radical (unpaired) electrons. The summed E-state index contributed by atoms with van der Waals surface area (Å²) >= 11 is 0. The molecule has 0 unspecified atom stereocenters. The van der Waals surface area contributed by atoms with Gasteiger partial charge in [-0.1, -0.05) is 6.08 Å². The number of hydrogen-bond acceptors (Lipinski definition) is 4. The molecule has 0 heterocycles. The molecule has 1 aliphatic rings. The van der Waals surface area contributed by atoms with Crippen LogP contribution in [0.1, 0.15) is 21.5 Å². The van der Waals surface area contributed by atoms with Gasteiger partial charge in [0.05, 0.1) is 7.11 Å². The van der Waals surface area contributed by atoms with Crippen molar-refractivity contribution in [1.82, 2.24) is 0 Å². The molecule has 20 heavy (non-hydrogen) atoms. The van der Waals surface area contributed by atoms with E-state index >= 15 is 0 Å². The molecule has 0 aromatic heterocycles. The Balaban J connectivity index is 2.44. The normalized spacial score (nSPS) is 13.7. The van der Waals surface area contributed by atoms with Gasteiger partial charge in [-0.05, 0) is 47.7 Å². The van der Waals surface area contributed by atoms with Crippen molar-refractivity contribution < 1.29 is 19.4 Å². The molecule has 4 nitrogen and oxygen atoms in total. The summed E-state index contributed by atoms with van der Waals surface area (Å²) in [6.07, 6.45) is 2.92. The number of Topliss-reactive ketones (excluding diaryl/α,β-unsaturated/α-hetero) is 1. The van der Waals surface area contributed by atoms with Crippen LogP contribution in [-0.2, 0) is 4.79 Å². The number of carbonyl (C=O) groups is 2. The van der Waals surface area contributed by atoms with E-state index in [9.17, 15) is 14.7 Å². The van der Waals surface area contributed by atoms with Crippen LogP contribution in [0.4, 0.5) is 0 Å². The van der Waals surface area contributed by atoms with Gasteiger partial charge in [-0.25, -0.2) is 0 Å².